The van der Waals surface area contributed by atoms with Gasteiger partial charge in [0.25, 0.3) is 0 Å². The molecule has 2 heterocycles. The molecule has 0 aliphatic heterocycles. The summed E-state index contributed by atoms with van der Waals surface area (Å²) in [7, 11) is 0. The van der Waals surface area contributed by atoms with E-state index in [4.69, 9.17) is 0 Å². The van der Waals surface area contributed by atoms with Crippen molar-refractivity contribution in [3.05, 3.63) is 10.8 Å². The molecule has 3 rings (SSSR count). The Labute approximate surface area is 115 Å². The first-order valence-electron chi connectivity index (χ1n) is 6.61. The average molecular weight is 279 g/mol. The fourth-order valence-corrected chi connectivity index (χ4v) is 2.74. The van der Waals surface area contributed by atoms with Crippen molar-refractivity contribution in [2.24, 2.45) is 5.92 Å². The van der Waals surface area contributed by atoms with Gasteiger partial charge >= 0.3 is 0 Å². The van der Waals surface area contributed by atoms with Gasteiger partial charge in [-0.15, -0.1) is 10.2 Å². The van der Waals surface area contributed by atoms with Crippen LogP contribution in [0.2, 0.25) is 0 Å². The fourth-order valence-electron chi connectivity index (χ4n) is 1.96. The number of amides is 1. The molecule has 1 aliphatic carbocycles. The monoisotopic (exact) mass is 279 g/mol. The Morgan fingerprint density at radius 2 is 2.26 bits per heavy atom. The first-order valence-corrected chi connectivity index (χ1v) is 7.43. The summed E-state index contributed by atoms with van der Waals surface area (Å²) in [4.78, 5) is 12.4. The lowest BCUT2D eigenvalue weighted by Gasteiger charge is -2.04. The van der Waals surface area contributed by atoms with Crippen LogP contribution in [0, 0.1) is 5.92 Å². The number of aromatic nitrogens is 4. The standard InChI is InChI=1S/C12H17N5OS/c1-7(2)5-9(18)13-6-10-16-17-11(8-3-4-8)14-15-12(17)19-10/h7-8H,3-6H2,1-2H3,(H,13,18). The van der Waals surface area contributed by atoms with Crippen LogP contribution in [0.3, 0.4) is 0 Å². The third-order valence-corrected chi connectivity index (χ3v) is 3.93. The van der Waals surface area contributed by atoms with Crippen LogP contribution < -0.4 is 5.32 Å². The van der Waals surface area contributed by atoms with Gasteiger partial charge in [0.2, 0.25) is 10.9 Å². The third kappa shape index (κ3) is 2.75. The van der Waals surface area contributed by atoms with E-state index in [1.54, 1.807) is 0 Å². The van der Waals surface area contributed by atoms with Gasteiger partial charge in [-0.3, -0.25) is 4.79 Å². The zero-order chi connectivity index (χ0) is 13.4. The zero-order valence-corrected chi connectivity index (χ0v) is 11.9. The van der Waals surface area contributed by atoms with Crippen LogP contribution in [0.1, 0.15) is 49.9 Å². The van der Waals surface area contributed by atoms with E-state index < -0.39 is 0 Å². The van der Waals surface area contributed by atoms with Crippen molar-refractivity contribution in [2.75, 3.05) is 0 Å². The predicted octanol–water partition coefficient (Wildman–Crippen LogP) is 1.73. The summed E-state index contributed by atoms with van der Waals surface area (Å²) in [6.07, 6.45) is 2.91. The molecule has 19 heavy (non-hydrogen) atoms. The lowest BCUT2D eigenvalue weighted by molar-refractivity contribution is -0.121. The van der Waals surface area contributed by atoms with Crippen LogP contribution in [-0.2, 0) is 11.3 Å². The number of nitrogens with zero attached hydrogens (tertiary/aromatic N) is 4. The molecule has 1 fully saturated rings. The molecule has 1 aliphatic rings. The van der Waals surface area contributed by atoms with E-state index in [2.05, 4.69) is 20.6 Å². The lowest BCUT2D eigenvalue weighted by Crippen LogP contribution is -2.23. The van der Waals surface area contributed by atoms with Crippen LogP contribution in [0.4, 0.5) is 0 Å². The first kappa shape index (κ1) is 12.5. The van der Waals surface area contributed by atoms with Crippen molar-refractivity contribution >= 4 is 22.2 Å². The number of hydrogen-bond donors (Lipinski definition) is 1. The summed E-state index contributed by atoms with van der Waals surface area (Å²) in [6.45, 7) is 4.54. The normalized spacial score (nSPS) is 15.3. The Morgan fingerprint density at radius 3 is 2.95 bits per heavy atom. The maximum Gasteiger partial charge on any atom is 0.234 e. The SMILES string of the molecule is CC(C)CC(=O)NCc1nn2c(C3CC3)nnc2s1. The maximum atomic E-state index is 11.6. The molecule has 6 nitrogen and oxygen atoms in total. The molecule has 0 radical (unpaired) electrons. The van der Waals surface area contributed by atoms with Crippen molar-refractivity contribution in [3.8, 4) is 0 Å². The molecule has 0 atom stereocenters. The highest BCUT2D eigenvalue weighted by atomic mass is 32.1. The molecule has 7 heteroatoms. The second-order valence-electron chi connectivity index (χ2n) is 5.40. The zero-order valence-electron chi connectivity index (χ0n) is 11.1. The minimum absolute atomic E-state index is 0.0726. The Hall–Kier alpha value is -1.50. The van der Waals surface area contributed by atoms with Crippen molar-refractivity contribution in [2.45, 2.75) is 45.6 Å². The van der Waals surface area contributed by atoms with Gasteiger partial charge in [0.15, 0.2) is 5.82 Å². The van der Waals surface area contributed by atoms with E-state index in [9.17, 15) is 4.79 Å². The van der Waals surface area contributed by atoms with E-state index in [1.165, 1.54) is 24.2 Å². The quantitative estimate of drug-likeness (QED) is 0.904. The van der Waals surface area contributed by atoms with Gasteiger partial charge < -0.3 is 5.32 Å². The summed E-state index contributed by atoms with van der Waals surface area (Å²) < 4.78 is 1.83. The number of rotatable bonds is 5. The number of carbonyl (C=O) groups excluding carboxylic acids is 1. The van der Waals surface area contributed by atoms with Crippen LogP contribution in [0.5, 0.6) is 0 Å². The van der Waals surface area contributed by atoms with E-state index in [0.29, 0.717) is 24.8 Å². The Bertz CT molecular complexity index is 598. The van der Waals surface area contributed by atoms with Crippen molar-refractivity contribution in [3.63, 3.8) is 0 Å². The highest BCUT2D eigenvalue weighted by Crippen LogP contribution is 2.39. The van der Waals surface area contributed by atoms with Crippen molar-refractivity contribution < 1.29 is 4.79 Å². The first-order chi connectivity index (χ1) is 9.13. The predicted molar refractivity (Wildman–Crippen MR) is 71.9 cm³/mol. The summed E-state index contributed by atoms with van der Waals surface area (Å²) in [6, 6.07) is 0. The molecule has 1 saturated carbocycles. The third-order valence-electron chi connectivity index (χ3n) is 3.03. The van der Waals surface area contributed by atoms with Gasteiger partial charge in [0.1, 0.15) is 5.01 Å². The summed E-state index contributed by atoms with van der Waals surface area (Å²) in [5.41, 5.74) is 0. The van der Waals surface area contributed by atoms with Crippen molar-refractivity contribution in [1.29, 1.82) is 0 Å². The second kappa shape index (κ2) is 4.88. The maximum absolute atomic E-state index is 11.6. The molecular weight excluding hydrogens is 262 g/mol. The molecular formula is C12H17N5OS. The minimum Gasteiger partial charge on any atom is -0.350 e. The molecule has 0 unspecified atom stereocenters. The van der Waals surface area contributed by atoms with Crippen LogP contribution in [0.15, 0.2) is 0 Å². The number of fused-ring (bicyclic) bond motifs is 1. The van der Waals surface area contributed by atoms with Gasteiger partial charge in [-0.2, -0.15) is 9.61 Å². The molecule has 102 valence electrons. The molecule has 2 aromatic heterocycles. The Balaban J connectivity index is 1.66. The van der Waals surface area contributed by atoms with E-state index in [0.717, 1.165) is 15.8 Å². The largest absolute Gasteiger partial charge is 0.350 e. The van der Waals surface area contributed by atoms with Crippen molar-refractivity contribution in [1.82, 2.24) is 25.1 Å². The smallest absolute Gasteiger partial charge is 0.234 e. The van der Waals surface area contributed by atoms with Crippen LogP contribution in [0.25, 0.3) is 4.96 Å². The van der Waals surface area contributed by atoms with E-state index >= 15 is 0 Å². The van der Waals surface area contributed by atoms with Gasteiger partial charge in [-0.05, 0) is 18.8 Å². The minimum atomic E-state index is 0.0726. The highest BCUT2D eigenvalue weighted by molar-refractivity contribution is 7.16. The second-order valence-corrected chi connectivity index (χ2v) is 6.44. The molecule has 1 N–H and O–H groups in total. The van der Waals surface area contributed by atoms with Gasteiger partial charge in [0.05, 0.1) is 6.54 Å². The Morgan fingerprint density at radius 1 is 1.47 bits per heavy atom. The molecule has 1 amide bonds. The summed E-state index contributed by atoms with van der Waals surface area (Å²) in [5.74, 6) is 1.94. The van der Waals surface area contributed by atoms with Gasteiger partial charge in [-0.25, -0.2) is 0 Å². The summed E-state index contributed by atoms with van der Waals surface area (Å²) >= 11 is 1.49. The molecule has 0 aromatic carbocycles. The van der Waals surface area contributed by atoms with Crippen LogP contribution in [-0.4, -0.2) is 25.7 Å². The molecule has 0 saturated heterocycles. The number of carbonyl (C=O) groups is 1. The number of hydrogen-bond acceptors (Lipinski definition) is 5. The Kier molecular flexibility index (Phi) is 3.22. The molecule has 0 bridgehead atoms. The van der Waals surface area contributed by atoms with E-state index in [1.807, 2.05) is 18.4 Å². The number of nitrogens with one attached hydrogen (secondary N) is 1. The molecule has 2 aromatic rings. The lowest BCUT2D eigenvalue weighted by atomic mass is 10.1. The highest BCUT2D eigenvalue weighted by Gasteiger charge is 2.30. The fraction of sp³-hybridized carbons (Fsp3) is 0.667. The van der Waals surface area contributed by atoms with Gasteiger partial charge in [-0.1, -0.05) is 25.2 Å². The molecule has 0 spiro atoms. The summed E-state index contributed by atoms with van der Waals surface area (Å²) in [5, 5.41) is 16.6. The van der Waals surface area contributed by atoms with Crippen LogP contribution >= 0.6 is 11.3 Å². The average Bonchev–Trinajstić information content (AvgIpc) is 2.97. The topological polar surface area (TPSA) is 72.2 Å². The van der Waals surface area contributed by atoms with E-state index in [-0.39, 0.29) is 5.91 Å². The van der Waals surface area contributed by atoms with Gasteiger partial charge in [0, 0.05) is 12.3 Å².